The van der Waals surface area contributed by atoms with Crippen LogP contribution in [0, 0.1) is 5.92 Å². The first kappa shape index (κ1) is 27.0. The van der Waals surface area contributed by atoms with Crippen LogP contribution in [-0.4, -0.2) is 34.4 Å². The molecular formula is C35H25BrN2O5. The highest BCUT2D eigenvalue weighted by Crippen LogP contribution is 2.62. The maximum absolute atomic E-state index is 14.8. The van der Waals surface area contributed by atoms with E-state index in [1.165, 1.54) is 6.92 Å². The number of para-hydroxylation sites is 1. The molecule has 0 radical (unpaired) electrons. The van der Waals surface area contributed by atoms with E-state index in [1.807, 2.05) is 65.7 Å². The average Bonchev–Trinajstić information content (AvgIpc) is 3.49. The molecule has 7 rings (SSSR count). The first-order valence-corrected chi connectivity index (χ1v) is 14.7. The van der Waals surface area contributed by atoms with Crippen molar-refractivity contribution in [1.82, 2.24) is 4.90 Å². The van der Waals surface area contributed by atoms with Crippen molar-refractivity contribution in [2.45, 2.75) is 24.4 Å². The largest absolute Gasteiger partial charge is 0.427 e. The Kier molecular flexibility index (Phi) is 6.39. The molecule has 3 aliphatic heterocycles. The molecule has 4 aromatic rings. The number of nitrogens with zero attached hydrogens (tertiary/aromatic N) is 1. The molecule has 8 heteroatoms. The minimum atomic E-state index is -1.40. The molecule has 3 aliphatic rings. The summed E-state index contributed by atoms with van der Waals surface area (Å²) in [5.74, 6) is -2.16. The number of esters is 1. The number of hydrogen-bond donors (Lipinski definition) is 1. The van der Waals surface area contributed by atoms with Crippen molar-refractivity contribution >= 4 is 51.1 Å². The third-order valence-corrected chi connectivity index (χ3v) is 9.18. The van der Waals surface area contributed by atoms with Crippen LogP contribution in [0.25, 0.3) is 6.08 Å². The van der Waals surface area contributed by atoms with Crippen LogP contribution in [0.4, 0.5) is 5.69 Å². The fraction of sp³-hybridized carbons (Fsp3) is 0.143. The van der Waals surface area contributed by atoms with Crippen molar-refractivity contribution in [2.24, 2.45) is 5.92 Å². The van der Waals surface area contributed by atoms with Crippen molar-refractivity contribution in [2.75, 3.05) is 5.32 Å². The lowest BCUT2D eigenvalue weighted by molar-refractivity contribution is -0.131. The van der Waals surface area contributed by atoms with E-state index in [9.17, 15) is 19.2 Å². The van der Waals surface area contributed by atoms with Gasteiger partial charge in [-0.25, -0.2) is 0 Å². The Bertz CT molecular complexity index is 1850. The summed E-state index contributed by atoms with van der Waals surface area (Å²) >= 11 is 3.44. The highest BCUT2D eigenvalue weighted by molar-refractivity contribution is 9.10. The van der Waals surface area contributed by atoms with E-state index < -0.39 is 29.4 Å². The van der Waals surface area contributed by atoms with Gasteiger partial charge in [0.1, 0.15) is 17.2 Å². The number of hydrogen-bond acceptors (Lipinski definition) is 6. The number of fused-ring (bicyclic) bond motifs is 6. The first-order chi connectivity index (χ1) is 20.8. The lowest BCUT2D eigenvalue weighted by Crippen LogP contribution is -2.49. The molecule has 4 atom stereocenters. The number of ketones is 2. The Morgan fingerprint density at radius 3 is 2.23 bits per heavy atom. The quantitative estimate of drug-likeness (QED) is 0.156. The molecular weight excluding hydrogens is 608 g/mol. The standard InChI is InChI=1S/C35H25BrN2O5/c1-20(39)43-25-16-12-23(13-17-25)32(41)30-29(31(40)22-10-14-24(36)15-11-22)35(27-8-4-5-9-28(27)37-34(35)42)33-26-7-3-2-6-21(26)18-19-38(30)33/h2-19,29-30,33H,1H3,(H,37,42)/t29-,30-,33-,35+/m1/s1. The van der Waals surface area contributed by atoms with Crippen LogP contribution in [-0.2, 0) is 15.0 Å². The number of carbonyl (C=O) groups excluding carboxylic acids is 4. The fourth-order valence-corrected chi connectivity index (χ4v) is 7.25. The number of ether oxygens (including phenoxy) is 1. The maximum atomic E-state index is 14.8. The van der Waals surface area contributed by atoms with Crippen LogP contribution >= 0.6 is 15.9 Å². The SMILES string of the molecule is CC(=O)Oc1ccc(C(=O)[C@H]2[C@H](C(=O)c3ccc(Br)cc3)[C@]3(C(=O)Nc4ccccc43)[C@H]3c4ccccc4C=CN23)cc1. The van der Waals surface area contributed by atoms with E-state index in [-0.39, 0.29) is 17.5 Å². The zero-order valence-corrected chi connectivity index (χ0v) is 24.6. The summed E-state index contributed by atoms with van der Waals surface area (Å²) in [6, 6.07) is 26.9. The van der Waals surface area contributed by atoms with Gasteiger partial charge >= 0.3 is 5.97 Å². The molecule has 4 aromatic carbocycles. The summed E-state index contributed by atoms with van der Waals surface area (Å²) in [6.07, 6.45) is 3.77. The molecule has 0 aromatic heterocycles. The topological polar surface area (TPSA) is 92.8 Å². The van der Waals surface area contributed by atoms with Gasteiger partial charge in [-0.1, -0.05) is 70.5 Å². The molecule has 1 spiro atoms. The van der Waals surface area contributed by atoms with E-state index in [4.69, 9.17) is 4.74 Å². The summed E-state index contributed by atoms with van der Waals surface area (Å²) < 4.78 is 5.98. The number of carbonyl (C=O) groups is 4. The van der Waals surface area contributed by atoms with E-state index in [0.29, 0.717) is 28.1 Å². The van der Waals surface area contributed by atoms with Gasteiger partial charge in [0.15, 0.2) is 11.6 Å². The average molecular weight is 633 g/mol. The Balaban J connectivity index is 1.48. The number of halogens is 1. The van der Waals surface area contributed by atoms with Crippen LogP contribution < -0.4 is 10.1 Å². The van der Waals surface area contributed by atoms with Crippen LogP contribution in [0.2, 0.25) is 0 Å². The van der Waals surface area contributed by atoms with Gasteiger partial charge < -0.3 is 15.0 Å². The predicted molar refractivity (Wildman–Crippen MR) is 165 cm³/mol. The second-order valence-corrected chi connectivity index (χ2v) is 11.9. The van der Waals surface area contributed by atoms with Gasteiger partial charge in [0.25, 0.3) is 0 Å². The van der Waals surface area contributed by atoms with Gasteiger partial charge in [0.05, 0.1) is 12.0 Å². The lowest BCUT2D eigenvalue weighted by atomic mass is 9.62. The van der Waals surface area contributed by atoms with Gasteiger partial charge in [-0.3, -0.25) is 19.2 Å². The van der Waals surface area contributed by atoms with E-state index in [2.05, 4.69) is 21.2 Å². The number of rotatable bonds is 5. The van der Waals surface area contributed by atoms with Crippen molar-refractivity contribution < 1.29 is 23.9 Å². The monoisotopic (exact) mass is 632 g/mol. The van der Waals surface area contributed by atoms with Crippen LogP contribution in [0.1, 0.15) is 50.4 Å². The summed E-state index contributed by atoms with van der Waals surface area (Å²) in [7, 11) is 0. The Morgan fingerprint density at radius 2 is 1.49 bits per heavy atom. The number of amides is 1. The summed E-state index contributed by atoms with van der Waals surface area (Å²) in [6.45, 7) is 1.31. The molecule has 0 aliphatic carbocycles. The van der Waals surface area contributed by atoms with Crippen LogP contribution in [0.5, 0.6) is 5.75 Å². The Hall–Kier alpha value is -4.82. The molecule has 0 bridgehead atoms. The molecule has 1 N–H and O–H groups in total. The van der Waals surface area contributed by atoms with Crippen LogP contribution in [0.15, 0.2) is 108 Å². The molecule has 1 saturated heterocycles. The van der Waals surface area contributed by atoms with Crippen molar-refractivity contribution in [3.05, 3.63) is 136 Å². The number of benzene rings is 4. The minimum Gasteiger partial charge on any atom is -0.427 e. The molecule has 0 unspecified atom stereocenters. The maximum Gasteiger partial charge on any atom is 0.308 e. The molecule has 3 heterocycles. The molecule has 7 nitrogen and oxygen atoms in total. The van der Waals surface area contributed by atoms with Gasteiger partial charge in [-0.2, -0.15) is 0 Å². The number of anilines is 1. The molecule has 43 heavy (non-hydrogen) atoms. The highest BCUT2D eigenvalue weighted by Gasteiger charge is 2.70. The fourth-order valence-electron chi connectivity index (χ4n) is 6.99. The van der Waals surface area contributed by atoms with E-state index >= 15 is 0 Å². The van der Waals surface area contributed by atoms with Gasteiger partial charge in [-0.15, -0.1) is 0 Å². The Morgan fingerprint density at radius 1 is 0.837 bits per heavy atom. The van der Waals surface area contributed by atoms with Crippen molar-refractivity contribution in [3.63, 3.8) is 0 Å². The van der Waals surface area contributed by atoms with Crippen molar-refractivity contribution in [3.8, 4) is 5.75 Å². The number of Topliss-reactive ketones (excluding diaryl/α,β-unsaturated/α-hetero) is 2. The predicted octanol–water partition coefficient (Wildman–Crippen LogP) is 6.36. The van der Waals surface area contributed by atoms with Crippen LogP contribution in [0.3, 0.4) is 0 Å². The number of nitrogens with one attached hydrogen (secondary N) is 1. The van der Waals surface area contributed by atoms with Gasteiger partial charge in [0.2, 0.25) is 5.91 Å². The molecule has 0 saturated carbocycles. The highest BCUT2D eigenvalue weighted by atomic mass is 79.9. The normalized spacial score (nSPS) is 22.9. The third kappa shape index (κ3) is 4.08. The smallest absolute Gasteiger partial charge is 0.308 e. The molecule has 1 amide bonds. The third-order valence-electron chi connectivity index (χ3n) is 8.65. The van der Waals surface area contributed by atoms with Gasteiger partial charge in [-0.05, 0) is 65.2 Å². The van der Waals surface area contributed by atoms with E-state index in [1.54, 1.807) is 48.5 Å². The summed E-state index contributed by atoms with van der Waals surface area (Å²) in [5, 5.41) is 3.06. The zero-order valence-electron chi connectivity index (χ0n) is 23.0. The summed E-state index contributed by atoms with van der Waals surface area (Å²) in [5.41, 5.74) is 2.46. The minimum absolute atomic E-state index is 0.297. The van der Waals surface area contributed by atoms with Crippen molar-refractivity contribution in [1.29, 1.82) is 0 Å². The lowest BCUT2D eigenvalue weighted by Gasteiger charge is -2.38. The summed E-state index contributed by atoms with van der Waals surface area (Å²) in [4.78, 5) is 57.3. The zero-order chi connectivity index (χ0) is 29.9. The Labute approximate surface area is 256 Å². The van der Waals surface area contributed by atoms with Gasteiger partial charge in [0, 0.05) is 34.4 Å². The second kappa shape index (κ2) is 10.2. The first-order valence-electron chi connectivity index (χ1n) is 13.9. The molecule has 212 valence electrons. The van der Waals surface area contributed by atoms with E-state index in [0.717, 1.165) is 15.6 Å². The second-order valence-electron chi connectivity index (χ2n) is 10.9. The molecule has 1 fully saturated rings.